The molecule has 6 atom stereocenters. The normalized spacial score (nSPS) is 41.2. The summed E-state index contributed by atoms with van der Waals surface area (Å²) in [6.07, 6.45) is 11.0. The summed E-state index contributed by atoms with van der Waals surface area (Å²) in [5, 5.41) is 14.5. The van der Waals surface area contributed by atoms with Crippen LogP contribution < -0.4 is 5.32 Å². The van der Waals surface area contributed by atoms with Gasteiger partial charge in [-0.15, -0.1) is 0 Å². The van der Waals surface area contributed by atoms with Gasteiger partial charge in [0.15, 0.2) is 0 Å². The van der Waals surface area contributed by atoms with Crippen LogP contribution in [0.1, 0.15) is 93.4 Å². The maximum atomic E-state index is 10.7. The number of hydrogen-bond acceptors (Lipinski definition) is 2. The summed E-state index contributed by atoms with van der Waals surface area (Å²) in [7, 11) is 0. The fraction of sp³-hybridized carbons (Fsp3) is 0.857. The summed E-state index contributed by atoms with van der Waals surface area (Å²) >= 11 is 0. The molecule has 2 heteroatoms. The number of aliphatic hydroxyl groups is 1. The second kappa shape index (κ2) is 7.77. The van der Waals surface area contributed by atoms with Crippen LogP contribution in [0.2, 0.25) is 0 Å². The molecule has 1 fully saturated rings. The van der Waals surface area contributed by atoms with Gasteiger partial charge in [0.05, 0.1) is 6.10 Å². The Morgan fingerprint density at radius 3 is 2.43 bits per heavy atom. The largest absolute Gasteiger partial charge is 0.393 e. The molecule has 0 aromatic carbocycles. The first-order valence-electron chi connectivity index (χ1n) is 12.8. The van der Waals surface area contributed by atoms with Crippen molar-refractivity contribution in [1.82, 2.24) is 5.32 Å². The smallest absolute Gasteiger partial charge is 0.0594 e. The molecule has 0 radical (unpaired) electrons. The third-order valence-electron chi connectivity index (χ3n) is 10.1. The minimum absolute atomic E-state index is 0.0372. The second-order valence-electron chi connectivity index (χ2n) is 12.7. The van der Waals surface area contributed by atoms with Crippen LogP contribution >= 0.6 is 0 Å². The van der Waals surface area contributed by atoms with Gasteiger partial charge in [0.1, 0.15) is 0 Å². The quantitative estimate of drug-likeness (QED) is 0.538. The molecule has 0 heterocycles. The molecule has 0 aromatic rings. The highest BCUT2D eigenvalue weighted by atomic mass is 16.3. The summed E-state index contributed by atoms with van der Waals surface area (Å²) in [6, 6.07) is 0. The zero-order valence-electron chi connectivity index (χ0n) is 20.8. The average molecular weight is 414 g/mol. The van der Waals surface area contributed by atoms with E-state index in [0.29, 0.717) is 16.7 Å². The molecule has 0 aliphatic heterocycles. The van der Waals surface area contributed by atoms with E-state index in [2.05, 4.69) is 59.9 Å². The zero-order valence-corrected chi connectivity index (χ0v) is 20.8. The van der Waals surface area contributed by atoms with Gasteiger partial charge in [0, 0.05) is 0 Å². The van der Waals surface area contributed by atoms with E-state index in [1.165, 1.54) is 38.5 Å². The Morgan fingerprint density at radius 1 is 1.00 bits per heavy atom. The van der Waals surface area contributed by atoms with Crippen LogP contribution in [-0.2, 0) is 0 Å². The maximum Gasteiger partial charge on any atom is 0.0594 e. The van der Waals surface area contributed by atoms with Gasteiger partial charge in [-0.25, -0.2) is 0 Å². The van der Waals surface area contributed by atoms with E-state index in [1.54, 1.807) is 16.7 Å². The highest BCUT2D eigenvalue weighted by Gasteiger charge is 2.57. The van der Waals surface area contributed by atoms with Gasteiger partial charge in [-0.1, -0.05) is 60.1 Å². The van der Waals surface area contributed by atoms with Crippen LogP contribution in [0.5, 0.6) is 0 Å². The first kappa shape index (κ1) is 22.6. The van der Waals surface area contributed by atoms with E-state index < -0.39 is 0 Å². The molecule has 4 aliphatic rings. The van der Waals surface area contributed by atoms with E-state index >= 15 is 0 Å². The van der Waals surface area contributed by atoms with Crippen molar-refractivity contribution in [3.63, 3.8) is 0 Å². The van der Waals surface area contributed by atoms with Gasteiger partial charge >= 0.3 is 0 Å². The molecule has 170 valence electrons. The summed E-state index contributed by atoms with van der Waals surface area (Å²) in [6.45, 7) is 19.1. The lowest BCUT2D eigenvalue weighted by Crippen LogP contribution is -2.53. The topological polar surface area (TPSA) is 32.3 Å². The van der Waals surface area contributed by atoms with Crippen molar-refractivity contribution < 1.29 is 5.11 Å². The Hall–Kier alpha value is -0.600. The molecule has 1 saturated carbocycles. The summed E-state index contributed by atoms with van der Waals surface area (Å²) in [5.41, 5.74) is 5.96. The van der Waals surface area contributed by atoms with Crippen molar-refractivity contribution in [3.8, 4) is 0 Å². The fourth-order valence-electron chi connectivity index (χ4n) is 8.32. The number of rotatable bonds is 5. The third-order valence-corrected chi connectivity index (χ3v) is 10.1. The standard InChI is InChI=1S/C28H47NO/c1-18(2)16-29-17-19(3)21-9-10-22-20-8-11-24-26(4,5)25(30)13-15-28(24,7)23(20)12-14-27(21,22)6/h10,18-19,21,24-25,29-30H,8-9,11-17H2,1-7H3/t19-,21+,24-,25-,27+,28+/m0/s1. The predicted molar refractivity (Wildman–Crippen MR) is 127 cm³/mol. The van der Waals surface area contributed by atoms with Crippen molar-refractivity contribution in [2.24, 2.45) is 39.9 Å². The Labute approximate surface area is 186 Å². The average Bonchev–Trinajstić information content (AvgIpc) is 3.02. The molecule has 2 N–H and O–H groups in total. The molecule has 4 aliphatic carbocycles. The van der Waals surface area contributed by atoms with E-state index in [0.717, 1.165) is 37.3 Å². The second-order valence-corrected chi connectivity index (χ2v) is 12.7. The predicted octanol–water partition coefficient (Wildman–Crippen LogP) is 6.51. The van der Waals surface area contributed by atoms with E-state index in [-0.39, 0.29) is 11.5 Å². The summed E-state index contributed by atoms with van der Waals surface area (Å²) in [4.78, 5) is 0. The first-order valence-corrected chi connectivity index (χ1v) is 12.8. The first-order chi connectivity index (χ1) is 14.0. The van der Waals surface area contributed by atoms with Crippen LogP contribution in [0.4, 0.5) is 0 Å². The Kier molecular flexibility index (Phi) is 5.85. The Morgan fingerprint density at radius 2 is 1.73 bits per heavy atom. The lowest BCUT2D eigenvalue weighted by atomic mass is 9.46. The molecule has 4 rings (SSSR count). The van der Waals surface area contributed by atoms with E-state index in [1.807, 2.05) is 0 Å². The van der Waals surface area contributed by atoms with Crippen molar-refractivity contribution in [2.45, 2.75) is 99.5 Å². The Bertz CT molecular complexity index is 731. The fourth-order valence-corrected chi connectivity index (χ4v) is 8.32. The van der Waals surface area contributed by atoms with Gasteiger partial charge < -0.3 is 10.4 Å². The van der Waals surface area contributed by atoms with E-state index in [9.17, 15) is 5.11 Å². The number of fused-ring (bicyclic) bond motifs is 4. The maximum absolute atomic E-state index is 10.7. The van der Waals surface area contributed by atoms with Gasteiger partial charge in [0.25, 0.3) is 0 Å². The lowest BCUT2D eigenvalue weighted by Gasteiger charge is -2.59. The molecular formula is C28H47NO. The van der Waals surface area contributed by atoms with Crippen molar-refractivity contribution in [2.75, 3.05) is 13.1 Å². The number of nitrogens with one attached hydrogen (secondary N) is 1. The van der Waals surface area contributed by atoms with Crippen molar-refractivity contribution >= 4 is 0 Å². The van der Waals surface area contributed by atoms with Crippen LogP contribution in [0.3, 0.4) is 0 Å². The molecule has 0 unspecified atom stereocenters. The Balaban J connectivity index is 1.58. The zero-order chi connectivity index (χ0) is 21.9. The van der Waals surface area contributed by atoms with Crippen LogP contribution in [0, 0.1) is 39.9 Å². The number of aliphatic hydroxyl groups excluding tert-OH is 1. The molecule has 2 nitrogen and oxygen atoms in total. The van der Waals surface area contributed by atoms with Gasteiger partial charge in [-0.05, 0) is 109 Å². The molecular weight excluding hydrogens is 366 g/mol. The molecule has 0 spiro atoms. The minimum atomic E-state index is -0.138. The highest BCUT2D eigenvalue weighted by Crippen LogP contribution is 2.66. The van der Waals surface area contributed by atoms with Gasteiger partial charge in [-0.3, -0.25) is 0 Å². The SMILES string of the molecule is CC(C)CNC[C@H](C)[C@H]1CC=C2C3=C(CC[C@@]21C)[C@@]1(C)CC[C@H](O)C(C)(C)[C@@H]1CC3. The van der Waals surface area contributed by atoms with Crippen LogP contribution in [0.15, 0.2) is 22.8 Å². The lowest BCUT2D eigenvalue weighted by molar-refractivity contribution is -0.0905. The van der Waals surface area contributed by atoms with Crippen LogP contribution in [0.25, 0.3) is 0 Å². The number of allylic oxidation sites excluding steroid dienone is 4. The van der Waals surface area contributed by atoms with Gasteiger partial charge in [-0.2, -0.15) is 0 Å². The molecule has 0 aromatic heterocycles. The van der Waals surface area contributed by atoms with Crippen molar-refractivity contribution in [1.29, 1.82) is 0 Å². The van der Waals surface area contributed by atoms with Crippen LogP contribution in [-0.4, -0.2) is 24.3 Å². The minimum Gasteiger partial charge on any atom is -0.393 e. The molecule has 0 amide bonds. The third kappa shape index (κ3) is 3.36. The number of hydrogen-bond donors (Lipinski definition) is 2. The molecule has 0 bridgehead atoms. The summed E-state index contributed by atoms with van der Waals surface area (Å²) in [5.74, 6) is 2.84. The van der Waals surface area contributed by atoms with Gasteiger partial charge in [0.2, 0.25) is 0 Å². The van der Waals surface area contributed by atoms with E-state index in [4.69, 9.17) is 0 Å². The highest BCUT2D eigenvalue weighted by molar-refractivity contribution is 5.49. The molecule has 30 heavy (non-hydrogen) atoms. The summed E-state index contributed by atoms with van der Waals surface area (Å²) < 4.78 is 0. The monoisotopic (exact) mass is 413 g/mol. The van der Waals surface area contributed by atoms with Crippen molar-refractivity contribution in [3.05, 3.63) is 22.8 Å². The molecule has 0 saturated heterocycles.